The molecular weight excluding hydrogens is 455 g/mol. The monoisotopic (exact) mass is 483 g/mol. The third-order valence-corrected chi connectivity index (χ3v) is 7.24. The Labute approximate surface area is 202 Å². The highest BCUT2D eigenvalue weighted by molar-refractivity contribution is 7.99. The van der Waals surface area contributed by atoms with E-state index in [-0.39, 0.29) is 5.25 Å². The van der Waals surface area contributed by atoms with Crippen LogP contribution in [0.2, 0.25) is 0 Å². The zero-order valence-corrected chi connectivity index (χ0v) is 20.1. The van der Waals surface area contributed by atoms with Crippen LogP contribution < -0.4 is 0 Å². The van der Waals surface area contributed by atoms with Gasteiger partial charge in [0.2, 0.25) is 0 Å². The van der Waals surface area contributed by atoms with E-state index in [1.165, 1.54) is 6.07 Å². The Morgan fingerprint density at radius 2 is 1.56 bits per heavy atom. The molecule has 178 valence electrons. The molecule has 1 unspecified atom stereocenters. The maximum absolute atomic E-state index is 13.4. The molecule has 0 bridgehead atoms. The maximum Gasteiger partial charge on any atom is 0.416 e. The molecule has 0 aliphatic heterocycles. The summed E-state index contributed by atoms with van der Waals surface area (Å²) >= 11 is 1.66. The third kappa shape index (κ3) is 5.47. The predicted molar refractivity (Wildman–Crippen MR) is 133 cm³/mol. The molecule has 0 fully saturated rings. The number of benzene rings is 3. The summed E-state index contributed by atoms with van der Waals surface area (Å²) in [6, 6.07) is 24.0. The van der Waals surface area contributed by atoms with Crippen LogP contribution in [0.5, 0.6) is 0 Å². The summed E-state index contributed by atoms with van der Waals surface area (Å²) in [6.07, 6.45) is -4.41. The van der Waals surface area contributed by atoms with Gasteiger partial charge in [-0.1, -0.05) is 62.4 Å². The molecule has 0 saturated heterocycles. The second kappa shape index (κ2) is 10.7. The zero-order chi connectivity index (χ0) is 24.1. The minimum absolute atomic E-state index is 0.165. The van der Waals surface area contributed by atoms with E-state index in [2.05, 4.69) is 35.4 Å². The van der Waals surface area contributed by atoms with Crippen LogP contribution in [-0.4, -0.2) is 34.1 Å². The SMILES string of the molecule is CCN(CC)CCn1c(C(Sc2ccccc2)c2ccccc2)nc2cc(C(F)(F)F)ccc21. The molecule has 1 aromatic heterocycles. The number of aromatic nitrogens is 2. The van der Waals surface area contributed by atoms with Crippen molar-refractivity contribution in [3.63, 3.8) is 0 Å². The highest BCUT2D eigenvalue weighted by Gasteiger charge is 2.32. The van der Waals surface area contributed by atoms with Crippen LogP contribution in [0.4, 0.5) is 13.2 Å². The van der Waals surface area contributed by atoms with Crippen LogP contribution in [0, 0.1) is 0 Å². The van der Waals surface area contributed by atoms with Crippen LogP contribution in [0.25, 0.3) is 11.0 Å². The Hall–Kier alpha value is -2.77. The second-order valence-corrected chi connectivity index (χ2v) is 9.25. The molecule has 0 amide bonds. The smallest absolute Gasteiger partial charge is 0.325 e. The van der Waals surface area contributed by atoms with Crippen LogP contribution in [0.15, 0.2) is 83.8 Å². The number of halogens is 3. The first-order chi connectivity index (χ1) is 16.4. The summed E-state index contributed by atoms with van der Waals surface area (Å²) in [5.41, 5.74) is 1.49. The zero-order valence-electron chi connectivity index (χ0n) is 19.3. The highest BCUT2D eigenvalue weighted by atomic mass is 32.2. The van der Waals surface area contributed by atoms with Gasteiger partial charge in [-0.2, -0.15) is 13.2 Å². The number of hydrogen-bond acceptors (Lipinski definition) is 3. The average molecular weight is 484 g/mol. The lowest BCUT2D eigenvalue weighted by atomic mass is 10.1. The summed E-state index contributed by atoms with van der Waals surface area (Å²) in [6.45, 7) is 7.50. The minimum Gasteiger partial charge on any atom is -0.325 e. The number of likely N-dealkylation sites (N-methyl/N-ethyl adjacent to an activating group) is 1. The second-order valence-electron chi connectivity index (χ2n) is 8.07. The standard InChI is InChI=1S/C27H28F3N3S/c1-3-32(4-2)17-18-33-24-16-15-21(27(28,29)30)19-23(24)31-26(33)25(20-11-7-5-8-12-20)34-22-13-9-6-10-14-22/h5-16,19,25H,3-4,17-18H2,1-2H3. The molecule has 34 heavy (non-hydrogen) atoms. The molecule has 4 rings (SSSR count). The Balaban J connectivity index is 1.85. The van der Waals surface area contributed by atoms with Crippen molar-refractivity contribution in [2.75, 3.05) is 19.6 Å². The molecule has 3 aromatic carbocycles. The van der Waals surface area contributed by atoms with Crippen molar-refractivity contribution in [3.05, 3.63) is 95.8 Å². The van der Waals surface area contributed by atoms with Crippen molar-refractivity contribution in [2.24, 2.45) is 0 Å². The Morgan fingerprint density at radius 1 is 0.912 bits per heavy atom. The van der Waals surface area contributed by atoms with Crippen molar-refractivity contribution in [1.82, 2.24) is 14.5 Å². The number of imidazole rings is 1. The molecular formula is C27H28F3N3S. The van der Waals surface area contributed by atoms with Gasteiger partial charge in [0.15, 0.2) is 0 Å². The Bertz CT molecular complexity index is 1200. The van der Waals surface area contributed by atoms with Gasteiger partial charge in [-0.15, -0.1) is 11.8 Å². The first kappa shape index (κ1) is 24.4. The van der Waals surface area contributed by atoms with Crippen molar-refractivity contribution >= 4 is 22.8 Å². The van der Waals surface area contributed by atoms with Crippen molar-refractivity contribution in [2.45, 2.75) is 36.7 Å². The van der Waals surface area contributed by atoms with Crippen molar-refractivity contribution < 1.29 is 13.2 Å². The van der Waals surface area contributed by atoms with E-state index < -0.39 is 11.7 Å². The first-order valence-electron chi connectivity index (χ1n) is 11.5. The number of fused-ring (bicyclic) bond motifs is 1. The molecule has 0 radical (unpaired) electrons. The highest BCUT2D eigenvalue weighted by Crippen LogP contribution is 2.41. The van der Waals surface area contributed by atoms with Crippen LogP contribution in [0.3, 0.4) is 0 Å². The molecule has 0 saturated carbocycles. The maximum atomic E-state index is 13.4. The molecule has 3 nitrogen and oxygen atoms in total. The number of rotatable bonds is 9. The number of alkyl halides is 3. The van der Waals surface area contributed by atoms with Gasteiger partial charge in [0.05, 0.1) is 21.8 Å². The van der Waals surface area contributed by atoms with E-state index >= 15 is 0 Å². The van der Waals surface area contributed by atoms with Crippen LogP contribution in [-0.2, 0) is 12.7 Å². The molecule has 0 N–H and O–H groups in total. The van der Waals surface area contributed by atoms with Gasteiger partial charge < -0.3 is 9.47 Å². The molecule has 1 atom stereocenters. The van der Waals surface area contributed by atoms with Gasteiger partial charge in [0.25, 0.3) is 0 Å². The van der Waals surface area contributed by atoms with E-state index in [0.717, 1.165) is 47.5 Å². The van der Waals surface area contributed by atoms with Crippen molar-refractivity contribution in [1.29, 1.82) is 0 Å². The molecule has 0 spiro atoms. The summed E-state index contributed by atoms with van der Waals surface area (Å²) in [5.74, 6) is 0.765. The third-order valence-electron chi connectivity index (χ3n) is 5.97. The van der Waals surface area contributed by atoms with Gasteiger partial charge in [-0.3, -0.25) is 0 Å². The fourth-order valence-corrected chi connectivity index (χ4v) is 5.24. The van der Waals surface area contributed by atoms with Gasteiger partial charge in [0, 0.05) is 18.0 Å². The topological polar surface area (TPSA) is 21.1 Å². The van der Waals surface area contributed by atoms with E-state index in [0.29, 0.717) is 12.1 Å². The summed E-state index contributed by atoms with van der Waals surface area (Å²) in [5, 5.41) is -0.165. The normalized spacial score (nSPS) is 13.0. The molecule has 4 aromatic rings. The van der Waals surface area contributed by atoms with Gasteiger partial charge in [-0.25, -0.2) is 4.98 Å². The molecule has 0 aliphatic carbocycles. The predicted octanol–water partition coefficient (Wildman–Crippen LogP) is 7.28. The van der Waals surface area contributed by atoms with E-state index in [1.807, 2.05) is 48.5 Å². The fraction of sp³-hybridized carbons (Fsp3) is 0.296. The van der Waals surface area contributed by atoms with Crippen LogP contribution >= 0.6 is 11.8 Å². The Kier molecular flexibility index (Phi) is 7.63. The van der Waals surface area contributed by atoms with Gasteiger partial charge >= 0.3 is 6.18 Å². The lowest BCUT2D eigenvalue weighted by molar-refractivity contribution is -0.137. The van der Waals surface area contributed by atoms with Gasteiger partial charge in [0.1, 0.15) is 5.82 Å². The van der Waals surface area contributed by atoms with E-state index in [4.69, 9.17) is 4.98 Å². The van der Waals surface area contributed by atoms with Crippen LogP contribution in [0.1, 0.15) is 36.0 Å². The average Bonchev–Trinajstić information content (AvgIpc) is 3.21. The minimum atomic E-state index is -4.41. The largest absolute Gasteiger partial charge is 0.416 e. The lowest BCUT2D eigenvalue weighted by Crippen LogP contribution is -2.27. The quantitative estimate of drug-likeness (QED) is 0.234. The molecule has 7 heteroatoms. The summed E-state index contributed by atoms with van der Waals surface area (Å²) in [4.78, 5) is 8.20. The molecule has 1 heterocycles. The summed E-state index contributed by atoms with van der Waals surface area (Å²) in [7, 11) is 0. The summed E-state index contributed by atoms with van der Waals surface area (Å²) < 4.78 is 42.4. The van der Waals surface area contributed by atoms with E-state index in [9.17, 15) is 13.2 Å². The van der Waals surface area contributed by atoms with Crippen molar-refractivity contribution in [3.8, 4) is 0 Å². The number of hydrogen-bond donors (Lipinski definition) is 0. The lowest BCUT2D eigenvalue weighted by Gasteiger charge is -2.22. The van der Waals surface area contributed by atoms with E-state index in [1.54, 1.807) is 17.8 Å². The Morgan fingerprint density at radius 3 is 2.18 bits per heavy atom. The number of thioether (sulfide) groups is 1. The molecule has 0 aliphatic rings. The fourth-order valence-electron chi connectivity index (χ4n) is 4.07. The first-order valence-corrected chi connectivity index (χ1v) is 12.3. The van der Waals surface area contributed by atoms with Gasteiger partial charge in [-0.05, 0) is 49.0 Å². The number of nitrogens with zero attached hydrogens (tertiary/aromatic N) is 3.